The summed E-state index contributed by atoms with van der Waals surface area (Å²) in [7, 11) is 4.99. The topological polar surface area (TPSA) is 50.8 Å². The van der Waals surface area contributed by atoms with Crippen molar-refractivity contribution in [3.63, 3.8) is 0 Å². The van der Waals surface area contributed by atoms with Crippen LogP contribution in [0.3, 0.4) is 0 Å². The number of rotatable bonds is 5. The second-order valence-electron chi connectivity index (χ2n) is 5.20. The van der Waals surface area contributed by atoms with Crippen LogP contribution in [0.15, 0.2) is 12.1 Å². The smallest absolute Gasteiger partial charge is 0.222 e. The zero-order valence-corrected chi connectivity index (χ0v) is 13.4. The SMILES string of the molecule is COc1cc(CNC2CCC(=O)N(C)C2)cc(Cl)c1OC. The number of carbonyl (C=O) groups is 1. The molecule has 1 aromatic carbocycles. The van der Waals surface area contributed by atoms with E-state index in [1.54, 1.807) is 19.1 Å². The van der Waals surface area contributed by atoms with Crippen LogP contribution in [0.5, 0.6) is 11.5 Å². The minimum Gasteiger partial charge on any atom is -0.493 e. The average molecular weight is 313 g/mol. The van der Waals surface area contributed by atoms with Crippen molar-refractivity contribution in [3.8, 4) is 11.5 Å². The summed E-state index contributed by atoms with van der Waals surface area (Å²) in [4.78, 5) is 13.2. The van der Waals surface area contributed by atoms with Gasteiger partial charge >= 0.3 is 0 Å². The van der Waals surface area contributed by atoms with Gasteiger partial charge < -0.3 is 19.7 Å². The zero-order valence-electron chi connectivity index (χ0n) is 12.6. The lowest BCUT2D eigenvalue weighted by molar-refractivity contribution is -0.132. The van der Waals surface area contributed by atoms with E-state index in [1.807, 2.05) is 19.2 Å². The molecule has 2 rings (SSSR count). The summed E-state index contributed by atoms with van der Waals surface area (Å²) in [5, 5.41) is 3.99. The number of nitrogens with one attached hydrogen (secondary N) is 1. The van der Waals surface area contributed by atoms with Crippen LogP contribution in [0.2, 0.25) is 5.02 Å². The largest absolute Gasteiger partial charge is 0.493 e. The third-order valence-electron chi connectivity index (χ3n) is 3.71. The van der Waals surface area contributed by atoms with E-state index < -0.39 is 0 Å². The molecule has 0 aromatic heterocycles. The highest BCUT2D eigenvalue weighted by Crippen LogP contribution is 2.36. The number of likely N-dealkylation sites (N-methyl/N-ethyl adjacent to an activating group) is 1. The van der Waals surface area contributed by atoms with Crippen molar-refractivity contribution >= 4 is 17.5 Å². The molecule has 1 fully saturated rings. The van der Waals surface area contributed by atoms with E-state index in [-0.39, 0.29) is 5.91 Å². The van der Waals surface area contributed by atoms with Crippen LogP contribution in [-0.2, 0) is 11.3 Å². The standard InChI is InChI=1S/C15H21ClN2O3/c1-18-9-11(4-5-14(18)19)17-8-10-6-12(16)15(21-3)13(7-10)20-2/h6-7,11,17H,4-5,8-9H2,1-3H3. The molecule has 6 heteroatoms. The molecule has 1 N–H and O–H groups in total. The molecule has 1 aromatic rings. The third kappa shape index (κ3) is 3.80. The van der Waals surface area contributed by atoms with Crippen molar-refractivity contribution in [1.29, 1.82) is 0 Å². The number of halogens is 1. The Labute approximate surface area is 130 Å². The van der Waals surface area contributed by atoms with Crippen LogP contribution in [0.1, 0.15) is 18.4 Å². The number of benzene rings is 1. The summed E-state index contributed by atoms with van der Waals surface area (Å²) in [6.45, 7) is 1.41. The maximum Gasteiger partial charge on any atom is 0.222 e. The first-order valence-corrected chi connectivity index (χ1v) is 7.30. The molecule has 0 saturated carbocycles. The summed E-state index contributed by atoms with van der Waals surface area (Å²) in [5.74, 6) is 1.38. The third-order valence-corrected chi connectivity index (χ3v) is 4.00. The van der Waals surface area contributed by atoms with Crippen LogP contribution >= 0.6 is 11.6 Å². The van der Waals surface area contributed by atoms with E-state index in [0.717, 1.165) is 18.5 Å². The molecular weight excluding hydrogens is 292 g/mol. The van der Waals surface area contributed by atoms with Crippen molar-refractivity contribution in [2.75, 3.05) is 27.8 Å². The summed E-state index contributed by atoms with van der Waals surface area (Å²) in [6.07, 6.45) is 1.46. The highest BCUT2D eigenvalue weighted by atomic mass is 35.5. The molecule has 116 valence electrons. The number of amides is 1. The lowest BCUT2D eigenvalue weighted by atomic mass is 10.1. The molecule has 1 heterocycles. The predicted molar refractivity (Wildman–Crippen MR) is 82.1 cm³/mol. The van der Waals surface area contributed by atoms with Gasteiger partial charge in [0.1, 0.15) is 0 Å². The molecule has 0 spiro atoms. The van der Waals surface area contributed by atoms with Gasteiger partial charge in [-0.05, 0) is 24.1 Å². The molecular formula is C15H21ClN2O3. The number of likely N-dealkylation sites (tertiary alicyclic amines) is 1. The van der Waals surface area contributed by atoms with E-state index in [0.29, 0.717) is 35.5 Å². The first-order chi connectivity index (χ1) is 10.0. The van der Waals surface area contributed by atoms with Gasteiger partial charge in [0.05, 0.1) is 19.2 Å². The van der Waals surface area contributed by atoms with Gasteiger partial charge in [0.25, 0.3) is 0 Å². The lowest BCUT2D eigenvalue weighted by Gasteiger charge is -2.30. The second kappa shape index (κ2) is 7.00. The number of piperidine rings is 1. The molecule has 0 bridgehead atoms. The van der Waals surface area contributed by atoms with Crippen LogP contribution in [-0.4, -0.2) is 44.7 Å². The van der Waals surface area contributed by atoms with E-state index in [9.17, 15) is 4.79 Å². The fourth-order valence-corrected chi connectivity index (χ4v) is 2.82. The van der Waals surface area contributed by atoms with Crippen molar-refractivity contribution in [1.82, 2.24) is 10.2 Å². The van der Waals surface area contributed by atoms with Gasteiger partial charge in [0.15, 0.2) is 11.5 Å². The maximum atomic E-state index is 11.5. The van der Waals surface area contributed by atoms with Crippen molar-refractivity contribution in [2.24, 2.45) is 0 Å². The molecule has 1 unspecified atom stereocenters. The summed E-state index contributed by atoms with van der Waals surface area (Å²) < 4.78 is 10.5. The molecule has 1 aliphatic rings. The highest BCUT2D eigenvalue weighted by Gasteiger charge is 2.22. The summed E-state index contributed by atoms with van der Waals surface area (Å²) >= 11 is 6.19. The van der Waals surface area contributed by atoms with E-state index >= 15 is 0 Å². The number of carbonyl (C=O) groups excluding carboxylic acids is 1. The maximum absolute atomic E-state index is 11.5. The Kier molecular flexibility index (Phi) is 5.31. The molecule has 0 radical (unpaired) electrons. The molecule has 1 amide bonds. The highest BCUT2D eigenvalue weighted by molar-refractivity contribution is 6.32. The summed E-state index contributed by atoms with van der Waals surface area (Å²) in [6, 6.07) is 4.09. The minimum atomic E-state index is 0.210. The Morgan fingerprint density at radius 3 is 2.76 bits per heavy atom. The number of nitrogens with zero attached hydrogens (tertiary/aromatic N) is 1. The van der Waals surface area contributed by atoms with Crippen LogP contribution in [0.25, 0.3) is 0 Å². The fraction of sp³-hybridized carbons (Fsp3) is 0.533. The molecule has 0 aliphatic carbocycles. The molecule has 1 atom stereocenters. The quantitative estimate of drug-likeness (QED) is 0.904. The van der Waals surface area contributed by atoms with E-state index in [2.05, 4.69) is 5.32 Å². The monoisotopic (exact) mass is 312 g/mol. The Morgan fingerprint density at radius 2 is 2.14 bits per heavy atom. The molecule has 1 saturated heterocycles. The van der Waals surface area contributed by atoms with Crippen molar-refractivity contribution in [2.45, 2.75) is 25.4 Å². The van der Waals surface area contributed by atoms with Gasteiger partial charge in [0.2, 0.25) is 5.91 Å². The average Bonchev–Trinajstić information content (AvgIpc) is 2.47. The van der Waals surface area contributed by atoms with Gasteiger partial charge in [0, 0.05) is 32.6 Å². The molecule has 5 nitrogen and oxygen atoms in total. The van der Waals surface area contributed by atoms with Gasteiger partial charge in [-0.25, -0.2) is 0 Å². The minimum absolute atomic E-state index is 0.210. The number of methoxy groups -OCH3 is 2. The molecule has 1 aliphatic heterocycles. The molecule has 21 heavy (non-hydrogen) atoms. The van der Waals surface area contributed by atoms with Crippen molar-refractivity contribution in [3.05, 3.63) is 22.7 Å². The van der Waals surface area contributed by atoms with E-state index in [1.165, 1.54) is 0 Å². The van der Waals surface area contributed by atoms with Crippen LogP contribution in [0.4, 0.5) is 0 Å². The van der Waals surface area contributed by atoms with Crippen molar-refractivity contribution < 1.29 is 14.3 Å². The fourth-order valence-electron chi connectivity index (χ4n) is 2.51. The van der Waals surface area contributed by atoms with Gasteiger partial charge in [-0.3, -0.25) is 4.79 Å². The first-order valence-electron chi connectivity index (χ1n) is 6.93. The number of ether oxygens (including phenoxy) is 2. The lowest BCUT2D eigenvalue weighted by Crippen LogP contribution is -2.46. The Hall–Kier alpha value is -1.46. The zero-order chi connectivity index (χ0) is 15.4. The van der Waals surface area contributed by atoms with Crippen LogP contribution in [0, 0.1) is 0 Å². The predicted octanol–water partition coefficient (Wildman–Crippen LogP) is 2.07. The summed E-state index contributed by atoms with van der Waals surface area (Å²) in [5.41, 5.74) is 1.03. The van der Waals surface area contributed by atoms with Crippen LogP contribution < -0.4 is 14.8 Å². The van der Waals surface area contributed by atoms with Gasteiger partial charge in [-0.1, -0.05) is 11.6 Å². The number of hydrogen-bond donors (Lipinski definition) is 1. The van der Waals surface area contributed by atoms with E-state index in [4.69, 9.17) is 21.1 Å². The normalized spacial score (nSPS) is 18.8. The second-order valence-corrected chi connectivity index (χ2v) is 5.61. The first kappa shape index (κ1) is 15.9. The Bertz CT molecular complexity index is 522. The Balaban J connectivity index is 2.00. The Morgan fingerprint density at radius 1 is 1.38 bits per heavy atom. The number of hydrogen-bond acceptors (Lipinski definition) is 4. The van der Waals surface area contributed by atoms with Gasteiger partial charge in [-0.2, -0.15) is 0 Å². The van der Waals surface area contributed by atoms with Gasteiger partial charge in [-0.15, -0.1) is 0 Å².